The van der Waals surface area contributed by atoms with E-state index in [1.165, 1.54) is 0 Å². The van der Waals surface area contributed by atoms with Crippen LogP contribution in [0.4, 0.5) is 0 Å². The molecule has 0 spiro atoms. The minimum absolute atomic E-state index is 0.0916. The number of imidazole rings is 1. The van der Waals surface area contributed by atoms with Gasteiger partial charge in [0.1, 0.15) is 11.9 Å². The highest BCUT2D eigenvalue weighted by atomic mass is 16.2. The Balaban J connectivity index is 1.48. The molecule has 1 aliphatic rings. The number of hydrogen-bond donors (Lipinski definition) is 1. The lowest BCUT2D eigenvalue weighted by molar-refractivity contribution is -0.135. The molecule has 0 aliphatic carbocycles. The maximum Gasteiger partial charge on any atom is 0.347 e. The van der Waals surface area contributed by atoms with Gasteiger partial charge in [0.15, 0.2) is 0 Å². The zero-order valence-corrected chi connectivity index (χ0v) is 15.2. The first-order valence-corrected chi connectivity index (χ1v) is 9.14. The van der Waals surface area contributed by atoms with Gasteiger partial charge in [-0.25, -0.2) is 19.4 Å². The second-order valence-corrected chi connectivity index (χ2v) is 6.84. The molecule has 0 radical (unpaired) electrons. The van der Waals surface area contributed by atoms with Crippen molar-refractivity contribution in [2.45, 2.75) is 31.7 Å². The third kappa shape index (κ3) is 3.30. The number of nitrogens with zero attached hydrogens (tertiary/aromatic N) is 5. The third-order valence-electron chi connectivity index (χ3n) is 5.21. The zero-order valence-electron chi connectivity index (χ0n) is 15.2. The minimum Gasteiger partial charge on any atom is -0.341 e. The van der Waals surface area contributed by atoms with Gasteiger partial charge in [0, 0.05) is 31.4 Å². The first-order valence-electron chi connectivity index (χ1n) is 9.14. The van der Waals surface area contributed by atoms with Gasteiger partial charge in [0.2, 0.25) is 5.91 Å². The minimum atomic E-state index is -0.267. The number of likely N-dealkylation sites (tertiary alicyclic amines) is 1. The van der Waals surface area contributed by atoms with Crippen molar-refractivity contribution in [3.63, 3.8) is 0 Å². The van der Waals surface area contributed by atoms with Gasteiger partial charge in [0.05, 0.1) is 12.0 Å². The van der Waals surface area contributed by atoms with Gasteiger partial charge in [-0.1, -0.05) is 18.2 Å². The summed E-state index contributed by atoms with van der Waals surface area (Å²) in [5.74, 6) is 0.964. The van der Waals surface area contributed by atoms with Crippen molar-refractivity contribution in [3.8, 4) is 5.69 Å². The molecule has 1 unspecified atom stereocenters. The highest BCUT2D eigenvalue weighted by molar-refractivity contribution is 5.80. The molecule has 1 amide bonds. The summed E-state index contributed by atoms with van der Waals surface area (Å²) in [5, 5.41) is 6.84. The number of piperidine rings is 1. The highest BCUT2D eigenvalue weighted by Gasteiger charge is 2.30. The van der Waals surface area contributed by atoms with Crippen LogP contribution in [-0.4, -0.2) is 48.2 Å². The fourth-order valence-electron chi connectivity index (χ4n) is 3.66. The van der Waals surface area contributed by atoms with E-state index in [0.29, 0.717) is 13.1 Å². The molecule has 2 aromatic heterocycles. The van der Waals surface area contributed by atoms with Gasteiger partial charge >= 0.3 is 5.69 Å². The van der Waals surface area contributed by atoms with Gasteiger partial charge < -0.3 is 9.47 Å². The Kier molecular flexibility index (Phi) is 4.62. The first kappa shape index (κ1) is 17.3. The third-order valence-corrected chi connectivity index (χ3v) is 5.21. The summed E-state index contributed by atoms with van der Waals surface area (Å²) >= 11 is 0. The molecule has 0 bridgehead atoms. The monoisotopic (exact) mass is 366 g/mol. The smallest absolute Gasteiger partial charge is 0.341 e. The number of H-pyrrole nitrogens is 1. The number of rotatable bonds is 4. The summed E-state index contributed by atoms with van der Waals surface area (Å²) in [7, 11) is 0. The molecule has 0 saturated carbocycles. The molecule has 1 aromatic carbocycles. The Morgan fingerprint density at radius 2 is 1.96 bits per heavy atom. The molecule has 1 atom stereocenters. The summed E-state index contributed by atoms with van der Waals surface area (Å²) in [6.45, 7) is 3.19. The topological polar surface area (TPSA) is 88.8 Å². The Morgan fingerprint density at radius 3 is 2.63 bits per heavy atom. The van der Waals surface area contributed by atoms with Crippen molar-refractivity contribution >= 4 is 5.91 Å². The standard InChI is InChI=1S/C19H22N6O2/c1-14(24-12-9-20-13-24)18(26)23-10-7-15(8-11-23)17-21-22-19(27)25(17)16-5-3-2-4-6-16/h2-6,9,12-15H,7-8,10-11H2,1H3,(H,22,27). The molecule has 27 heavy (non-hydrogen) atoms. The molecule has 3 heterocycles. The van der Waals surface area contributed by atoms with Crippen LogP contribution in [-0.2, 0) is 4.79 Å². The maximum absolute atomic E-state index is 12.7. The Bertz CT molecular complexity index is 952. The van der Waals surface area contributed by atoms with Crippen LogP contribution in [0.15, 0.2) is 53.8 Å². The molecule has 1 N–H and O–H groups in total. The number of para-hydroxylation sites is 1. The zero-order chi connectivity index (χ0) is 18.8. The molecule has 140 valence electrons. The van der Waals surface area contributed by atoms with Gasteiger partial charge in [-0.05, 0) is 31.9 Å². The number of hydrogen-bond acceptors (Lipinski definition) is 4. The van der Waals surface area contributed by atoms with Crippen molar-refractivity contribution in [1.82, 2.24) is 29.2 Å². The van der Waals surface area contributed by atoms with Crippen molar-refractivity contribution in [3.05, 3.63) is 65.4 Å². The molecular weight excluding hydrogens is 344 g/mol. The van der Waals surface area contributed by atoms with Crippen LogP contribution in [0.3, 0.4) is 0 Å². The lowest BCUT2D eigenvalue weighted by Crippen LogP contribution is -2.41. The number of benzene rings is 1. The van der Waals surface area contributed by atoms with E-state index in [-0.39, 0.29) is 23.6 Å². The van der Waals surface area contributed by atoms with E-state index in [0.717, 1.165) is 24.4 Å². The van der Waals surface area contributed by atoms with E-state index in [4.69, 9.17) is 0 Å². The predicted molar refractivity (Wildman–Crippen MR) is 99.7 cm³/mol. The van der Waals surface area contributed by atoms with Gasteiger partial charge in [0.25, 0.3) is 0 Å². The number of aromatic nitrogens is 5. The lowest BCUT2D eigenvalue weighted by atomic mass is 9.95. The van der Waals surface area contributed by atoms with Gasteiger partial charge in [-0.2, -0.15) is 5.10 Å². The predicted octanol–water partition coefficient (Wildman–Crippen LogP) is 1.72. The normalized spacial score (nSPS) is 16.4. The largest absolute Gasteiger partial charge is 0.347 e. The lowest BCUT2D eigenvalue weighted by Gasteiger charge is -2.33. The van der Waals surface area contributed by atoms with Crippen LogP contribution in [0.2, 0.25) is 0 Å². The molecule has 1 fully saturated rings. The Labute approximate surface area is 156 Å². The SMILES string of the molecule is CC(C(=O)N1CCC(c2n[nH]c(=O)n2-c2ccccc2)CC1)n1ccnc1. The Hall–Kier alpha value is -3.16. The van der Waals surface area contributed by atoms with E-state index in [2.05, 4.69) is 15.2 Å². The summed E-state index contributed by atoms with van der Waals surface area (Å²) < 4.78 is 3.45. The summed E-state index contributed by atoms with van der Waals surface area (Å²) in [4.78, 5) is 30.9. The van der Waals surface area contributed by atoms with E-state index >= 15 is 0 Å². The van der Waals surface area contributed by atoms with Crippen LogP contribution < -0.4 is 5.69 Å². The summed E-state index contributed by atoms with van der Waals surface area (Å²) in [6.07, 6.45) is 6.70. The fourth-order valence-corrected chi connectivity index (χ4v) is 3.66. The second kappa shape index (κ2) is 7.22. The quantitative estimate of drug-likeness (QED) is 0.761. The molecule has 3 aromatic rings. The number of carbonyl (C=O) groups excluding carboxylic acids is 1. The van der Waals surface area contributed by atoms with Crippen molar-refractivity contribution in [2.24, 2.45) is 0 Å². The van der Waals surface area contributed by atoms with Crippen LogP contribution in [0.5, 0.6) is 0 Å². The van der Waals surface area contributed by atoms with Crippen molar-refractivity contribution in [1.29, 1.82) is 0 Å². The summed E-state index contributed by atoms with van der Waals surface area (Å²) in [6, 6.07) is 9.24. The number of aromatic amines is 1. The number of carbonyl (C=O) groups is 1. The van der Waals surface area contributed by atoms with Gasteiger partial charge in [-0.3, -0.25) is 4.79 Å². The average molecular weight is 366 g/mol. The molecule has 1 aliphatic heterocycles. The van der Waals surface area contributed by atoms with Crippen molar-refractivity contribution in [2.75, 3.05) is 13.1 Å². The van der Waals surface area contributed by atoms with Crippen LogP contribution in [0.25, 0.3) is 5.69 Å². The van der Waals surface area contributed by atoms with Crippen LogP contribution in [0, 0.1) is 0 Å². The summed E-state index contributed by atoms with van der Waals surface area (Å²) in [5.41, 5.74) is 0.571. The van der Waals surface area contributed by atoms with Crippen molar-refractivity contribution < 1.29 is 4.79 Å². The molecule has 4 rings (SSSR count). The van der Waals surface area contributed by atoms with E-state index in [9.17, 15) is 9.59 Å². The fraction of sp³-hybridized carbons (Fsp3) is 0.368. The molecule has 1 saturated heterocycles. The molecular formula is C19H22N6O2. The van der Waals surface area contributed by atoms with Crippen LogP contribution >= 0.6 is 0 Å². The van der Waals surface area contributed by atoms with Gasteiger partial charge in [-0.15, -0.1) is 0 Å². The average Bonchev–Trinajstić information content (AvgIpc) is 3.37. The second-order valence-electron chi connectivity index (χ2n) is 6.84. The van der Waals surface area contributed by atoms with Crippen LogP contribution in [0.1, 0.15) is 37.5 Å². The van der Waals surface area contributed by atoms with E-state index in [1.54, 1.807) is 23.3 Å². The number of nitrogens with one attached hydrogen (secondary N) is 1. The maximum atomic E-state index is 12.7. The molecule has 8 nitrogen and oxygen atoms in total. The highest BCUT2D eigenvalue weighted by Crippen LogP contribution is 2.28. The number of amides is 1. The first-order chi connectivity index (χ1) is 13.1. The Morgan fingerprint density at radius 1 is 1.22 bits per heavy atom. The van der Waals surface area contributed by atoms with E-state index < -0.39 is 0 Å². The molecule has 8 heteroatoms. The van der Waals surface area contributed by atoms with E-state index in [1.807, 2.05) is 46.7 Å².